The van der Waals surface area contributed by atoms with Crippen LogP contribution in [0.2, 0.25) is 0 Å². The van der Waals surface area contributed by atoms with E-state index in [0.717, 1.165) is 12.8 Å². The van der Waals surface area contributed by atoms with Gasteiger partial charge < -0.3 is 25.2 Å². The van der Waals surface area contributed by atoms with Crippen LogP contribution in [-0.4, -0.2) is 57.8 Å². The maximum Gasteiger partial charge on any atom is 0.333 e. The van der Waals surface area contributed by atoms with E-state index in [9.17, 15) is 9.59 Å². The van der Waals surface area contributed by atoms with Crippen LogP contribution in [0, 0.1) is 0 Å². The van der Waals surface area contributed by atoms with E-state index < -0.39 is 30.8 Å². The molecular formula is C25H48O7. The van der Waals surface area contributed by atoms with Crippen molar-refractivity contribution < 1.29 is 34.8 Å². The van der Waals surface area contributed by atoms with Crippen molar-refractivity contribution in [2.75, 3.05) is 13.2 Å². The fourth-order valence-corrected chi connectivity index (χ4v) is 3.00. The highest BCUT2D eigenvalue weighted by atomic mass is 16.5. The van der Waals surface area contributed by atoms with Gasteiger partial charge in [0.1, 0.15) is 12.7 Å². The Hall–Kier alpha value is -1.44. The molecule has 0 bridgehead atoms. The Morgan fingerprint density at radius 3 is 1.56 bits per heavy atom. The number of carbonyl (C=O) groups is 2. The largest absolute Gasteiger partial charge is 0.479 e. The van der Waals surface area contributed by atoms with Gasteiger partial charge in [-0.1, -0.05) is 103 Å². The van der Waals surface area contributed by atoms with Crippen LogP contribution >= 0.6 is 0 Å². The summed E-state index contributed by atoms with van der Waals surface area (Å²) < 4.78 is 4.51. The fourth-order valence-electron chi connectivity index (χ4n) is 3.00. The van der Waals surface area contributed by atoms with Gasteiger partial charge in [-0.2, -0.15) is 0 Å². The number of unbranched alkanes of at least 4 members (excludes halogenated alkanes) is 13. The normalized spacial score (nSPS) is 12.4. The summed E-state index contributed by atoms with van der Waals surface area (Å²) in [7, 11) is 0. The Kier molecular flexibility index (Phi) is 24.8. The summed E-state index contributed by atoms with van der Waals surface area (Å²) in [4.78, 5) is 21.1. The minimum atomic E-state index is -1.16. The molecule has 0 saturated heterocycles. The number of hydrogen-bond donors (Lipinski definition) is 4. The van der Waals surface area contributed by atoms with Gasteiger partial charge in [0.2, 0.25) is 0 Å². The van der Waals surface area contributed by atoms with Crippen LogP contribution < -0.4 is 0 Å². The molecular weight excluding hydrogens is 412 g/mol. The van der Waals surface area contributed by atoms with Crippen molar-refractivity contribution in [1.82, 2.24) is 0 Å². The Labute approximate surface area is 194 Å². The van der Waals surface area contributed by atoms with Crippen LogP contribution in [0.1, 0.15) is 110 Å². The number of aliphatic hydroxyl groups excluding tert-OH is 3. The lowest BCUT2D eigenvalue weighted by Crippen LogP contribution is -2.22. The first-order valence-corrected chi connectivity index (χ1v) is 12.3. The molecule has 190 valence electrons. The monoisotopic (exact) mass is 460 g/mol. The van der Waals surface area contributed by atoms with Crippen LogP contribution in [-0.2, 0) is 14.3 Å². The number of aliphatic carboxylic acids is 1. The zero-order valence-corrected chi connectivity index (χ0v) is 20.4. The third-order valence-electron chi connectivity index (χ3n) is 5.08. The number of carboxylic acid groups (broad SMARTS) is 1. The molecule has 32 heavy (non-hydrogen) atoms. The van der Waals surface area contributed by atoms with Crippen LogP contribution in [0.4, 0.5) is 0 Å². The molecule has 0 aromatic rings. The predicted octanol–water partition coefficient (Wildman–Crippen LogP) is 4.76. The van der Waals surface area contributed by atoms with E-state index >= 15 is 0 Å². The zero-order valence-electron chi connectivity index (χ0n) is 20.4. The lowest BCUT2D eigenvalue weighted by Gasteiger charge is -2.07. The molecule has 0 aromatic carbocycles. The molecule has 7 nitrogen and oxygen atoms in total. The molecule has 2 unspecified atom stereocenters. The van der Waals surface area contributed by atoms with Crippen molar-refractivity contribution in [3.8, 4) is 0 Å². The maximum absolute atomic E-state index is 10.6. The summed E-state index contributed by atoms with van der Waals surface area (Å²) in [6, 6.07) is 0. The molecule has 0 amide bonds. The van der Waals surface area contributed by atoms with E-state index in [0.29, 0.717) is 6.42 Å². The topological polar surface area (TPSA) is 124 Å². The third-order valence-corrected chi connectivity index (χ3v) is 5.08. The second-order valence-electron chi connectivity index (χ2n) is 8.45. The number of esters is 1. The van der Waals surface area contributed by atoms with Gasteiger partial charge in [-0.15, -0.1) is 0 Å². The van der Waals surface area contributed by atoms with Crippen molar-refractivity contribution >= 4 is 11.9 Å². The minimum absolute atomic E-state index is 0.192. The molecule has 0 aliphatic rings. The van der Waals surface area contributed by atoms with E-state index in [-0.39, 0.29) is 12.2 Å². The first-order valence-electron chi connectivity index (χ1n) is 12.3. The van der Waals surface area contributed by atoms with Crippen molar-refractivity contribution in [1.29, 1.82) is 0 Å². The molecule has 0 saturated carbocycles. The third kappa shape index (κ3) is 24.8. The average Bonchev–Trinajstić information content (AvgIpc) is 2.77. The highest BCUT2D eigenvalue weighted by Gasteiger charge is 2.11. The van der Waals surface area contributed by atoms with Gasteiger partial charge >= 0.3 is 11.9 Å². The number of rotatable bonds is 20. The molecule has 0 spiro atoms. The van der Waals surface area contributed by atoms with Crippen LogP contribution in [0.5, 0.6) is 0 Å². The molecule has 7 heteroatoms. The molecule has 0 rings (SSSR count). The lowest BCUT2D eigenvalue weighted by molar-refractivity contribution is -0.147. The van der Waals surface area contributed by atoms with Gasteiger partial charge in [-0.3, -0.25) is 0 Å². The minimum Gasteiger partial charge on any atom is -0.479 e. The lowest BCUT2D eigenvalue weighted by atomic mass is 10.0. The molecule has 0 fully saturated rings. The molecule has 0 radical (unpaired) electrons. The highest BCUT2D eigenvalue weighted by molar-refractivity contribution is 5.86. The second kappa shape index (κ2) is 24.2. The number of carbonyl (C=O) groups excluding carboxylic acids is 1. The number of ether oxygens (including phenoxy) is 1. The van der Waals surface area contributed by atoms with Gasteiger partial charge in [-0.05, 0) is 13.3 Å². The number of carboxylic acids is 1. The van der Waals surface area contributed by atoms with Gasteiger partial charge in [0, 0.05) is 5.57 Å². The van der Waals surface area contributed by atoms with Gasteiger partial charge in [0.15, 0.2) is 6.10 Å². The second-order valence-corrected chi connectivity index (χ2v) is 8.45. The van der Waals surface area contributed by atoms with E-state index in [2.05, 4.69) is 18.2 Å². The quantitative estimate of drug-likeness (QED) is 0.117. The maximum atomic E-state index is 10.6. The summed E-state index contributed by atoms with van der Waals surface area (Å²) in [6.45, 7) is 6.50. The van der Waals surface area contributed by atoms with Crippen LogP contribution in [0.3, 0.4) is 0 Å². The van der Waals surface area contributed by atoms with E-state index in [1.807, 2.05) is 0 Å². The van der Waals surface area contributed by atoms with E-state index in [1.165, 1.54) is 84.0 Å². The fraction of sp³-hybridized carbons (Fsp3) is 0.840. The summed E-state index contributed by atoms with van der Waals surface area (Å²) >= 11 is 0. The molecule has 0 aliphatic heterocycles. The van der Waals surface area contributed by atoms with Crippen molar-refractivity contribution in [2.45, 2.75) is 122 Å². The van der Waals surface area contributed by atoms with Crippen molar-refractivity contribution in [2.24, 2.45) is 0 Å². The molecule has 0 aliphatic carbocycles. The molecule has 0 heterocycles. The van der Waals surface area contributed by atoms with Gasteiger partial charge in [-0.25, -0.2) is 9.59 Å². The van der Waals surface area contributed by atoms with Gasteiger partial charge in [0.05, 0.1) is 6.61 Å². The zero-order chi connectivity index (χ0) is 24.6. The summed E-state index contributed by atoms with van der Waals surface area (Å²) in [5.74, 6) is -1.65. The molecule has 0 aromatic heterocycles. The number of hydrogen-bond acceptors (Lipinski definition) is 6. The van der Waals surface area contributed by atoms with Crippen molar-refractivity contribution in [3.05, 3.63) is 12.2 Å². The van der Waals surface area contributed by atoms with Crippen LogP contribution in [0.15, 0.2) is 12.2 Å². The van der Waals surface area contributed by atoms with Gasteiger partial charge in [0.25, 0.3) is 0 Å². The first kappa shape index (κ1) is 32.7. The Morgan fingerprint density at radius 2 is 1.22 bits per heavy atom. The van der Waals surface area contributed by atoms with Crippen LogP contribution in [0.25, 0.3) is 0 Å². The standard InChI is InChI=1S/C18H36O3.C7H12O4/c1-2-3-4-5-6-7-8-9-10-11-12-13-14-15-16-17(19)18(20)21;1-5(2)7(10)11-4-6(9)3-8/h17,19H,2-16H2,1H3,(H,20,21);6,8-9H,1,3-4H2,2H3. The Balaban J connectivity index is 0. The smallest absolute Gasteiger partial charge is 0.333 e. The Bertz CT molecular complexity index is 465. The number of aliphatic hydroxyl groups is 3. The summed E-state index contributed by atoms with van der Waals surface area (Å²) in [6.07, 6.45) is 16.3. The predicted molar refractivity (Wildman–Crippen MR) is 127 cm³/mol. The van der Waals surface area contributed by atoms with E-state index in [1.54, 1.807) is 0 Å². The summed E-state index contributed by atoms with van der Waals surface area (Å²) in [5.41, 5.74) is 0.273. The SMILES string of the molecule is C=C(C)C(=O)OCC(O)CO.CCCCCCCCCCCCCCCCC(O)C(=O)O. The first-order chi connectivity index (χ1) is 15.3. The highest BCUT2D eigenvalue weighted by Crippen LogP contribution is 2.13. The molecule has 4 N–H and O–H groups in total. The average molecular weight is 461 g/mol. The van der Waals surface area contributed by atoms with E-state index in [4.69, 9.17) is 20.4 Å². The Morgan fingerprint density at radius 1 is 0.812 bits per heavy atom. The van der Waals surface area contributed by atoms with Crippen molar-refractivity contribution in [3.63, 3.8) is 0 Å². The summed E-state index contributed by atoms with van der Waals surface area (Å²) in [5, 5.41) is 34.7. The molecule has 2 atom stereocenters.